The van der Waals surface area contributed by atoms with E-state index in [1.807, 2.05) is 0 Å². The minimum atomic E-state index is -1.28. The highest BCUT2D eigenvalue weighted by Gasteiger charge is 2.04. The summed E-state index contributed by atoms with van der Waals surface area (Å²) >= 11 is 5.66. The van der Waals surface area contributed by atoms with Gasteiger partial charge in [0.2, 0.25) is 0 Å². The average molecular weight is 227 g/mol. The van der Waals surface area contributed by atoms with Crippen molar-refractivity contribution in [2.75, 3.05) is 0 Å². The first-order valence-corrected chi connectivity index (χ1v) is 4.54. The van der Waals surface area contributed by atoms with Gasteiger partial charge in [-0.15, -0.1) is 0 Å². The highest BCUT2D eigenvalue weighted by atomic mass is 35.5. The third kappa shape index (κ3) is 3.59. The molecule has 0 aliphatic carbocycles. The summed E-state index contributed by atoms with van der Waals surface area (Å²) in [6, 6.07) is 4.38. The topological polar surface area (TPSA) is 80.3 Å². The molecule has 1 rings (SSSR count). The minimum Gasteiger partial charge on any atom is -0.550 e. The molecule has 0 fully saturated rings. The van der Waals surface area contributed by atoms with E-state index < -0.39 is 11.9 Å². The van der Waals surface area contributed by atoms with E-state index >= 15 is 0 Å². The predicted molar refractivity (Wildman–Crippen MR) is 48.9 cm³/mol. The number of carboxylic acids is 2. The van der Waals surface area contributed by atoms with Crippen molar-refractivity contribution in [2.24, 2.45) is 0 Å². The van der Waals surface area contributed by atoms with E-state index in [0.717, 1.165) is 0 Å². The van der Waals surface area contributed by atoms with Crippen LogP contribution < -0.4 is 10.2 Å². The van der Waals surface area contributed by atoms with Crippen LogP contribution in [-0.4, -0.2) is 11.9 Å². The minimum absolute atomic E-state index is 0.334. The normalized spacial score (nSPS) is 9.93. The van der Waals surface area contributed by atoms with Crippen molar-refractivity contribution in [1.82, 2.24) is 0 Å². The van der Waals surface area contributed by atoms with Gasteiger partial charge in [0.05, 0.1) is 0 Å². The molecule has 0 amide bonds. The Morgan fingerprint density at radius 1 is 1.07 bits per heavy atom. The highest BCUT2D eigenvalue weighted by molar-refractivity contribution is 6.30. The Morgan fingerprint density at radius 2 is 1.60 bits per heavy atom. The van der Waals surface area contributed by atoms with Gasteiger partial charge >= 0.3 is 0 Å². The lowest BCUT2D eigenvalue weighted by Gasteiger charge is -2.11. The molecule has 0 saturated carbocycles. The van der Waals surface area contributed by atoms with Crippen LogP contribution in [0.5, 0.6) is 0 Å². The summed E-state index contributed by atoms with van der Waals surface area (Å²) in [6.45, 7) is 0. The number of carboxylic acid groups (broad SMARTS) is 2. The lowest BCUT2D eigenvalue weighted by molar-refractivity contribution is -0.306. The summed E-state index contributed by atoms with van der Waals surface area (Å²) in [7, 11) is 0. The van der Waals surface area contributed by atoms with Crippen LogP contribution in [0.4, 0.5) is 0 Å². The number of carbonyl (C=O) groups is 2. The molecule has 0 N–H and O–H groups in total. The molecule has 0 spiro atoms. The second-order valence-electron chi connectivity index (χ2n) is 3.01. The molecule has 0 aliphatic heterocycles. The Morgan fingerprint density at radius 3 is 2.13 bits per heavy atom. The molecule has 0 radical (unpaired) electrons. The number of rotatable bonds is 4. The van der Waals surface area contributed by atoms with Crippen molar-refractivity contribution in [1.29, 1.82) is 0 Å². The van der Waals surface area contributed by atoms with E-state index in [1.165, 1.54) is 18.2 Å². The molecule has 0 heterocycles. The van der Waals surface area contributed by atoms with Gasteiger partial charge in [0.1, 0.15) is 0 Å². The van der Waals surface area contributed by atoms with Gasteiger partial charge in [-0.05, 0) is 23.3 Å². The SMILES string of the molecule is O=C([O-])Cc1ccc(Cl)cc1CC(=O)[O-]. The fourth-order valence-electron chi connectivity index (χ4n) is 1.24. The Kier molecular flexibility index (Phi) is 3.68. The van der Waals surface area contributed by atoms with Crippen molar-refractivity contribution in [3.63, 3.8) is 0 Å². The maximum Gasteiger partial charge on any atom is 0.0458 e. The molecule has 0 bridgehead atoms. The summed E-state index contributed by atoms with van der Waals surface area (Å²) in [5, 5.41) is 21.1. The first-order valence-electron chi connectivity index (χ1n) is 4.16. The molecule has 5 heteroatoms. The molecule has 0 aromatic heterocycles. The quantitative estimate of drug-likeness (QED) is 0.655. The van der Waals surface area contributed by atoms with E-state index in [4.69, 9.17) is 11.6 Å². The summed E-state index contributed by atoms with van der Waals surface area (Å²) in [4.78, 5) is 20.8. The van der Waals surface area contributed by atoms with Gasteiger partial charge in [0, 0.05) is 29.8 Å². The smallest absolute Gasteiger partial charge is 0.0458 e. The number of benzene rings is 1. The van der Waals surface area contributed by atoms with E-state index in [1.54, 1.807) is 0 Å². The van der Waals surface area contributed by atoms with Gasteiger partial charge in [-0.2, -0.15) is 0 Å². The monoisotopic (exact) mass is 226 g/mol. The maximum absolute atomic E-state index is 10.4. The Bertz CT molecular complexity index is 400. The van der Waals surface area contributed by atoms with Crippen molar-refractivity contribution in [2.45, 2.75) is 12.8 Å². The molecule has 4 nitrogen and oxygen atoms in total. The molecule has 0 saturated heterocycles. The standard InChI is InChI=1S/C10H9ClO4/c11-8-2-1-6(4-9(12)13)7(3-8)5-10(14)15/h1-3H,4-5H2,(H,12,13)(H,14,15)/p-2. The Labute approximate surface area is 91.1 Å². The van der Waals surface area contributed by atoms with E-state index in [-0.39, 0.29) is 12.8 Å². The lowest BCUT2D eigenvalue weighted by Crippen LogP contribution is -2.27. The number of hydrogen-bond donors (Lipinski definition) is 0. The van der Waals surface area contributed by atoms with Crippen LogP contribution in [0.2, 0.25) is 5.02 Å². The van der Waals surface area contributed by atoms with E-state index in [0.29, 0.717) is 16.1 Å². The van der Waals surface area contributed by atoms with Crippen molar-refractivity contribution in [3.8, 4) is 0 Å². The van der Waals surface area contributed by atoms with Gasteiger partial charge in [-0.3, -0.25) is 0 Å². The zero-order valence-electron chi connectivity index (χ0n) is 7.66. The van der Waals surface area contributed by atoms with Crippen LogP contribution in [0.25, 0.3) is 0 Å². The number of halogens is 1. The van der Waals surface area contributed by atoms with Gasteiger partial charge in [-0.25, -0.2) is 0 Å². The number of carbonyl (C=O) groups excluding carboxylic acids is 2. The largest absolute Gasteiger partial charge is 0.550 e. The van der Waals surface area contributed by atoms with Crippen molar-refractivity contribution >= 4 is 23.5 Å². The zero-order chi connectivity index (χ0) is 11.4. The van der Waals surface area contributed by atoms with E-state index in [2.05, 4.69) is 0 Å². The third-order valence-electron chi connectivity index (χ3n) is 1.84. The van der Waals surface area contributed by atoms with Crippen LogP contribution in [-0.2, 0) is 22.4 Å². The van der Waals surface area contributed by atoms with Crippen molar-refractivity contribution < 1.29 is 19.8 Å². The van der Waals surface area contributed by atoms with E-state index in [9.17, 15) is 19.8 Å². The molecule has 1 aromatic carbocycles. The van der Waals surface area contributed by atoms with Crippen LogP contribution in [0, 0.1) is 0 Å². The highest BCUT2D eigenvalue weighted by Crippen LogP contribution is 2.17. The van der Waals surface area contributed by atoms with Gasteiger partial charge in [-0.1, -0.05) is 17.7 Å². The first kappa shape index (κ1) is 11.5. The van der Waals surface area contributed by atoms with Crippen LogP contribution in [0.3, 0.4) is 0 Å². The summed E-state index contributed by atoms with van der Waals surface area (Å²) in [5.74, 6) is -2.55. The predicted octanol–water partition coefficient (Wildman–Crippen LogP) is -1.08. The fraction of sp³-hybridized carbons (Fsp3) is 0.200. The van der Waals surface area contributed by atoms with Gasteiger partial charge in [0.15, 0.2) is 0 Å². The molecule has 0 atom stereocenters. The summed E-state index contributed by atoms with van der Waals surface area (Å²) < 4.78 is 0. The second kappa shape index (κ2) is 4.79. The molecule has 0 unspecified atom stereocenters. The van der Waals surface area contributed by atoms with Crippen LogP contribution in [0.1, 0.15) is 11.1 Å². The average Bonchev–Trinajstić information content (AvgIpc) is 2.08. The Balaban J connectivity index is 3.02. The first-order chi connectivity index (χ1) is 6.99. The fourth-order valence-corrected chi connectivity index (χ4v) is 1.44. The van der Waals surface area contributed by atoms with Crippen LogP contribution >= 0.6 is 11.6 Å². The molecule has 15 heavy (non-hydrogen) atoms. The van der Waals surface area contributed by atoms with Crippen LogP contribution in [0.15, 0.2) is 18.2 Å². The van der Waals surface area contributed by atoms with Crippen molar-refractivity contribution in [3.05, 3.63) is 34.3 Å². The zero-order valence-corrected chi connectivity index (χ0v) is 8.41. The molecule has 1 aromatic rings. The maximum atomic E-state index is 10.4. The van der Waals surface area contributed by atoms with Gasteiger partial charge < -0.3 is 19.8 Å². The number of hydrogen-bond acceptors (Lipinski definition) is 4. The van der Waals surface area contributed by atoms with Gasteiger partial charge in [0.25, 0.3) is 0 Å². The molecule has 80 valence electrons. The molecular weight excluding hydrogens is 220 g/mol. The number of aliphatic carboxylic acids is 2. The summed E-state index contributed by atoms with van der Waals surface area (Å²) in [5.41, 5.74) is 0.718. The second-order valence-corrected chi connectivity index (χ2v) is 3.45. The lowest BCUT2D eigenvalue weighted by atomic mass is 10.0. The third-order valence-corrected chi connectivity index (χ3v) is 2.07. The Hall–Kier alpha value is -1.55. The summed E-state index contributed by atoms with van der Waals surface area (Å²) in [6.07, 6.45) is -0.692. The molecular formula is C10H7ClO4-2. The molecule has 0 aliphatic rings.